The molecule has 0 atom stereocenters. The van der Waals surface area contributed by atoms with Crippen LogP contribution in [0, 0.1) is 6.92 Å². The van der Waals surface area contributed by atoms with E-state index in [-0.39, 0.29) is 12.3 Å². The molecule has 0 spiro atoms. The van der Waals surface area contributed by atoms with Crippen molar-refractivity contribution in [3.63, 3.8) is 0 Å². The standard InChI is InChI=1S/C17H16BrN5O2/c1-12-20-21-22-23(12)15-6-3-5-14(11-15)19-17(24)8-9-25-16-7-2-4-13(18)10-16/h2-7,10-11H,8-9H2,1H3,(H,19,24). The van der Waals surface area contributed by atoms with Crippen LogP contribution in [0.2, 0.25) is 0 Å². The minimum Gasteiger partial charge on any atom is -0.493 e. The molecule has 2 aromatic carbocycles. The van der Waals surface area contributed by atoms with Gasteiger partial charge in [0, 0.05) is 10.2 Å². The molecule has 7 nitrogen and oxygen atoms in total. The van der Waals surface area contributed by atoms with Gasteiger partial charge in [-0.25, -0.2) is 0 Å². The first-order valence-electron chi connectivity index (χ1n) is 7.65. The molecule has 1 N–H and O–H groups in total. The van der Waals surface area contributed by atoms with Gasteiger partial charge in [-0.05, 0) is 53.7 Å². The Morgan fingerprint density at radius 3 is 2.84 bits per heavy atom. The van der Waals surface area contributed by atoms with E-state index in [1.54, 1.807) is 4.68 Å². The van der Waals surface area contributed by atoms with Gasteiger partial charge in [-0.2, -0.15) is 4.68 Å². The number of benzene rings is 2. The van der Waals surface area contributed by atoms with E-state index >= 15 is 0 Å². The van der Waals surface area contributed by atoms with Crippen molar-refractivity contribution in [1.82, 2.24) is 20.2 Å². The van der Waals surface area contributed by atoms with Gasteiger partial charge in [0.05, 0.1) is 18.7 Å². The molecule has 0 aliphatic rings. The molecular weight excluding hydrogens is 386 g/mol. The number of aryl methyl sites for hydroxylation is 1. The fourth-order valence-electron chi connectivity index (χ4n) is 2.23. The second-order valence-electron chi connectivity index (χ2n) is 5.29. The van der Waals surface area contributed by atoms with E-state index in [1.807, 2.05) is 55.5 Å². The van der Waals surface area contributed by atoms with E-state index in [0.717, 1.165) is 15.9 Å². The van der Waals surface area contributed by atoms with Crippen LogP contribution < -0.4 is 10.1 Å². The van der Waals surface area contributed by atoms with Gasteiger partial charge in [0.1, 0.15) is 5.75 Å². The van der Waals surface area contributed by atoms with Gasteiger partial charge in [-0.15, -0.1) is 5.10 Å². The number of aromatic nitrogens is 4. The van der Waals surface area contributed by atoms with Gasteiger partial charge < -0.3 is 10.1 Å². The van der Waals surface area contributed by atoms with Gasteiger partial charge in [0.2, 0.25) is 5.91 Å². The van der Waals surface area contributed by atoms with Crippen LogP contribution in [-0.4, -0.2) is 32.7 Å². The molecule has 8 heteroatoms. The van der Waals surface area contributed by atoms with Crippen molar-refractivity contribution in [3.05, 3.63) is 58.8 Å². The minimum absolute atomic E-state index is 0.124. The Morgan fingerprint density at radius 1 is 1.24 bits per heavy atom. The second-order valence-corrected chi connectivity index (χ2v) is 6.21. The van der Waals surface area contributed by atoms with E-state index in [2.05, 4.69) is 36.8 Å². The monoisotopic (exact) mass is 401 g/mol. The maximum atomic E-state index is 12.1. The average Bonchev–Trinajstić information content (AvgIpc) is 3.01. The average molecular weight is 402 g/mol. The largest absolute Gasteiger partial charge is 0.493 e. The van der Waals surface area contributed by atoms with Crippen molar-refractivity contribution in [3.8, 4) is 11.4 Å². The summed E-state index contributed by atoms with van der Waals surface area (Å²) >= 11 is 3.38. The third-order valence-electron chi connectivity index (χ3n) is 3.39. The highest BCUT2D eigenvalue weighted by atomic mass is 79.9. The first-order valence-corrected chi connectivity index (χ1v) is 8.45. The molecule has 0 saturated carbocycles. The zero-order valence-corrected chi connectivity index (χ0v) is 15.1. The molecular formula is C17H16BrN5O2. The molecule has 0 bridgehead atoms. The summed E-state index contributed by atoms with van der Waals surface area (Å²) in [6.45, 7) is 2.11. The molecule has 1 amide bonds. The fourth-order valence-corrected chi connectivity index (χ4v) is 2.61. The van der Waals surface area contributed by atoms with Crippen LogP contribution in [0.4, 0.5) is 5.69 Å². The molecule has 1 heterocycles. The summed E-state index contributed by atoms with van der Waals surface area (Å²) in [5.74, 6) is 1.27. The summed E-state index contributed by atoms with van der Waals surface area (Å²) in [6.07, 6.45) is 0.251. The van der Waals surface area contributed by atoms with Crippen LogP contribution in [0.3, 0.4) is 0 Å². The number of nitrogens with zero attached hydrogens (tertiary/aromatic N) is 4. The highest BCUT2D eigenvalue weighted by Gasteiger charge is 2.07. The predicted molar refractivity (Wildman–Crippen MR) is 96.8 cm³/mol. The smallest absolute Gasteiger partial charge is 0.227 e. The topological polar surface area (TPSA) is 81.9 Å². The van der Waals surface area contributed by atoms with Crippen molar-refractivity contribution in [2.75, 3.05) is 11.9 Å². The number of carbonyl (C=O) groups is 1. The minimum atomic E-state index is -0.124. The zero-order chi connectivity index (χ0) is 17.6. The number of carbonyl (C=O) groups excluding carboxylic acids is 1. The molecule has 0 unspecified atom stereocenters. The highest BCUT2D eigenvalue weighted by molar-refractivity contribution is 9.10. The fraction of sp³-hybridized carbons (Fsp3) is 0.176. The van der Waals surface area contributed by atoms with Crippen LogP contribution >= 0.6 is 15.9 Å². The third-order valence-corrected chi connectivity index (χ3v) is 3.89. The summed E-state index contributed by atoms with van der Waals surface area (Å²) in [5, 5.41) is 14.2. The first kappa shape index (κ1) is 17.1. The van der Waals surface area contributed by atoms with Crippen LogP contribution in [0.25, 0.3) is 5.69 Å². The maximum absolute atomic E-state index is 12.1. The van der Waals surface area contributed by atoms with E-state index in [1.165, 1.54) is 0 Å². The van der Waals surface area contributed by atoms with Crippen molar-refractivity contribution >= 4 is 27.5 Å². The van der Waals surface area contributed by atoms with Crippen LogP contribution in [0.15, 0.2) is 53.0 Å². The van der Waals surface area contributed by atoms with Gasteiger partial charge in [-0.3, -0.25) is 4.79 Å². The van der Waals surface area contributed by atoms with Crippen molar-refractivity contribution in [1.29, 1.82) is 0 Å². The lowest BCUT2D eigenvalue weighted by Crippen LogP contribution is -2.15. The number of hydrogen-bond acceptors (Lipinski definition) is 5. The number of tetrazole rings is 1. The maximum Gasteiger partial charge on any atom is 0.227 e. The lowest BCUT2D eigenvalue weighted by molar-refractivity contribution is -0.116. The number of hydrogen-bond donors (Lipinski definition) is 1. The summed E-state index contributed by atoms with van der Waals surface area (Å²) < 4.78 is 8.11. The predicted octanol–water partition coefficient (Wildman–Crippen LogP) is 3.14. The summed E-state index contributed by atoms with van der Waals surface area (Å²) in [5.41, 5.74) is 1.46. The van der Waals surface area contributed by atoms with Crippen LogP contribution in [0.1, 0.15) is 12.2 Å². The first-order chi connectivity index (χ1) is 12.1. The van der Waals surface area contributed by atoms with Gasteiger partial charge in [0.25, 0.3) is 0 Å². The third kappa shape index (κ3) is 4.63. The molecule has 128 valence electrons. The lowest BCUT2D eigenvalue weighted by Gasteiger charge is -2.09. The number of anilines is 1. The zero-order valence-electron chi connectivity index (χ0n) is 13.5. The second kappa shape index (κ2) is 7.89. The quantitative estimate of drug-likeness (QED) is 0.685. The number of ether oxygens (including phenoxy) is 1. The SMILES string of the molecule is Cc1nnnn1-c1cccc(NC(=O)CCOc2cccc(Br)c2)c1. The van der Waals surface area contributed by atoms with Crippen molar-refractivity contribution in [2.45, 2.75) is 13.3 Å². The van der Waals surface area contributed by atoms with E-state index in [9.17, 15) is 4.79 Å². The molecule has 0 saturated heterocycles. The summed E-state index contributed by atoms with van der Waals surface area (Å²) in [4.78, 5) is 12.1. The number of amides is 1. The Labute approximate surface area is 153 Å². The Morgan fingerprint density at radius 2 is 2.08 bits per heavy atom. The van der Waals surface area contributed by atoms with Gasteiger partial charge in [0.15, 0.2) is 5.82 Å². The van der Waals surface area contributed by atoms with Crippen LogP contribution in [-0.2, 0) is 4.79 Å². The molecule has 3 rings (SSSR count). The lowest BCUT2D eigenvalue weighted by atomic mass is 10.2. The Bertz CT molecular complexity index is 881. The summed E-state index contributed by atoms with van der Waals surface area (Å²) in [7, 11) is 0. The number of nitrogens with one attached hydrogen (secondary N) is 1. The van der Waals surface area contributed by atoms with Crippen molar-refractivity contribution in [2.24, 2.45) is 0 Å². The van der Waals surface area contributed by atoms with E-state index in [0.29, 0.717) is 18.1 Å². The number of halogens is 1. The van der Waals surface area contributed by atoms with Crippen molar-refractivity contribution < 1.29 is 9.53 Å². The molecule has 0 fully saturated rings. The van der Waals surface area contributed by atoms with Gasteiger partial charge in [-0.1, -0.05) is 28.1 Å². The number of rotatable bonds is 6. The molecule has 0 radical (unpaired) electrons. The van der Waals surface area contributed by atoms with E-state index < -0.39 is 0 Å². The Kier molecular flexibility index (Phi) is 5.39. The Hall–Kier alpha value is -2.74. The molecule has 3 aromatic rings. The molecule has 0 aliphatic heterocycles. The normalized spacial score (nSPS) is 10.5. The Balaban J connectivity index is 1.55. The summed E-state index contributed by atoms with van der Waals surface area (Å²) in [6, 6.07) is 14.8. The van der Waals surface area contributed by atoms with Gasteiger partial charge >= 0.3 is 0 Å². The molecule has 0 aliphatic carbocycles. The van der Waals surface area contributed by atoms with E-state index in [4.69, 9.17) is 4.74 Å². The molecule has 1 aromatic heterocycles. The molecule has 25 heavy (non-hydrogen) atoms. The van der Waals surface area contributed by atoms with Crippen LogP contribution in [0.5, 0.6) is 5.75 Å². The highest BCUT2D eigenvalue weighted by Crippen LogP contribution is 2.18.